The van der Waals surface area contributed by atoms with E-state index in [-0.39, 0.29) is 27.0 Å². The molecule has 2 aromatic carbocycles. The van der Waals surface area contributed by atoms with Gasteiger partial charge in [0.25, 0.3) is 0 Å². The first-order valence-electron chi connectivity index (χ1n) is 5.68. The number of ether oxygens (including phenoxy) is 1. The van der Waals surface area contributed by atoms with Gasteiger partial charge in [0.2, 0.25) is 0 Å². The summed E-state index contributed by atoms with van der Waals surface area (Å²) >= 11 is 5.71. The lowest BCUT2D eigenvalue weighted by molar-refractivity contribution is 0.475. The highest BCUT2D eigenvalue weighted by Gasteiger charge is 2.13. The van der Waals surface area contributed by atoms with Crippen LogP contribution in [0.15, 0.2) is 41.3 Å². The standard InChI is InChI=1S/C14H9ClFNO3S/c1-21(18,19)13-2-3-14(9(4-13)8-17)20-12-6-10(15)5-11(16)7-12/h2-7H,1H3. The molecule has 108 valence electrons. The molecular formula is C14H9ClFNO3S. The molecule has 0 fully saturated rings. The molecule has 0 aliphatic heterocycles. The van der Waals surface area contributed by atoms with Gasteiger partial charge in [-0.25, -0.2) is 12.8 Å². The summed E-state index contributed by atoms with van der Waals surface area (Å²) in [6.07, 6.45) is 1.04. The third kappa shape index (κ3) is 3.72. The minimum Gasteiger partial charge on any atom is -0.456 e. The van der Waals surface area contributed by atoms with Crippen LogP contribution in [0.2, 0.25) is 5.02 Å². The van der Waals surface area contributed by atoms with E-state index in [1.807, 2.05) is 6.07 Å². The Bertz CT molecular complexity index is 824. The molecule has 0 radical (unpaired) electrons. The van der Waals surface area contributed by atoms with Crippen molar-refractivity contribution in [1.29, 1.82) is 5.26 Å². The normalized spacial score (nSPS) is 11.0. The highest BCUT2D eigenvalue weighted by atomic mass is 35.5. The summed E-state index contributed by atoms with van der Waals surface area (Å²) in [4.78, 5) is 0.00340. The number of sulfone groups is 1. The van der Waals surface area contributed by atoms with Gasteiger partial charge in [0, 0.05) is 17.3 Å². The topological polar surface area (TPSA) is 67.2 Å². The van der Waals surface area contributed by atoms with Crippen molar-refractivity contribution >= 4 is 21.4 Å². The van der Waals surface area contributed by atoms with Gasteiger partial charge < -0.3 is 4.74 Å². The molecule has 0 unspecified atom stereocenters. The van der Waals surface area contributed by atoms with Gasteiger partial charge in [0.05, 0.1) is 10.5 Å². The molecule has 2 rings (SSSR count). The monoisotopic (exact) mass is 325 g/mol. The summed E-state index contributed by atoms with van der Waals surface area (Å²) < 4.78 is 41.5. The largest absolute Gasteiger partial charge is 0.456 e. The molecule has 0 aliphatic rings. The third-order valence-corrected chi connectivity index (χ3v) is 3.89. The van der Waals surface area contributed by atoms with Crippen molar-refractivity contribution in [3.8, 4) is 17.6 Å². The van der Waals surface area contributed by atoms with Crippen LogP contribution < -0.4 is 4.74 Å². The van der Waals surface area contributed by atoms with E-state index < -0.39 is 15.7 Å². The Kier molecular flexibility index (Phi) is 4.16. The lowest BCUT2D eigenvalue weighted by Gasteiger charge is -2.09. The Labute approximate surface area is 126 Å². The van der Waals surface area contributed by atoms with Crippen LogP contribution in [0.25, 0.3) is 0 Å². The number of benzene rings is 2. The molecule has 0 spiro atoms. The molecule has 0 aliphatic carbocycles. The van der Waals surface area contributed by atoms with Gasteiger partial charge in [0.1, 0.15) is 23.4 Å². The Balaban J connectivity index is 2.43. The Morgan fingerprint density at radius 3 is 2.52 bits per heavy atom. The molecule has 21 heavy (non-hydrogen) atoms. The van der Waals surface area contributed by atoms with Crippen molar-refractivity contribution in [2.24, 2.45) is 0 Å². The molecule has 7 heteroatoms. The van der Waals surface area contributed by atoms with Crippen LogP contribution in [0.5, 0.6) is 11.5 Å². The Morgan fingerprint density at radius 1 is 1.24 bits per heavy atom. The summed E-state index contributed by atoms with van der Waals surface area (Å²) in [5.41, 5.74) is 0.0262. The average Bonchev–Trinajstić information content (AvgIpc) is 2.36. The van der Waals surface area contributed by atoms with E-state index in [0.29, 0.717) is 0 Å². The number of nitriles is 1. The van der Waals surface area contributed by atoms with Crippen molar-refractivity contribution in [1.82, 2.24) is 0 Å². The quantitative estimate of drug-likeness (QED) is 0.865. The molecule has 0 atom stereocenters. The first kappa shape index (κ1) is 15.3. The molecule has 4 nitrogen and oxygen atoms in total. The van der Waals surface area contributed by atoms with Gasteiger partial charge >= 0.3 is 0 Å². The maximum atomic E-state index is 13.2. The maximum absolute atomic E-state index is 13.2. The van der Waals surface area contributed by atoms with E-state index in [1.54, 1.807) is 0 Å². The number of nitrogens with zero attached hydrogens (tertiary/aromatic N) is 1. The maximum Gasteiger partial charge on any atom is 0.175 e. The summed E-state index contributed by atoms with van der Waals surface area (Å²) in [5, 5.41) is 9.22. The fraction of sp³-hybridized carbons (Fsp3) is 0.0714. The van der Waals surface area contributed by atoms with Crippen LogP contribution in [0.1, 0.15) is 5.56 Å². The van der Waals surface area contributed by atoms with Gasteiger partial charge in [0.15, 0.2) is 9.84 Å². The predicted molar refractivity (Wildman–Crippen MR) is 75.8 cm³/mol. The second-order valence-corrected chi connectivity index (χ2v) is 6.70. The number of hydrogen-bond acceptors (Lipinski definition) is 4. The first-order valence-corrected chi connectivity index (χ1v) is 7.94. The van der Waals surface area contributed by atoms with E-state index in [2.05, 4.69) is 0 Å². The first-order chi connectivity index (χ1) is 9.79. The van der Waals surface area contributed by atoms with Crippen molar-refractivity contribution in [2.45, 2.75) is 4.90 Å². The van der Waals surface area contributed by atoms with Crippen LogP contribution in [0.4, 0.5) is 4.39 Å². The zero-order valence-electron chi connectivity index (χ0n) is 10.8. The molecule has 0 N–H and O–H groups in total. The van der Waals surface area contributed by atoms with Gasteiger partial charge in [-0.15, -0.1) is 0 Å². The molecule has 0 saturated carbocycles. The molecule has 2 aromatic rings. The zero-order valence-corrected chi connectivity index (χ0v) is 12.4. The van der Waals surface area contributed by atoms with E-state index in [1.165, 1.54) is 24.3 Å². The smallest absolute Gasteiger partial charge is 0.175 e. The van der Waals surface area contributed by atoms with Crippen LogP contribution >= 0.6 is 11.6 Å². The van der Waals surface area contributed by atoms with Crippen LogP contribution in [-0.2, 0) is 9.84 Å². The van der Waals surface area contributed by atoms with Crippen LogP contribution in [-0.4, -0.2) is 14.7 Å². The predicted octanol–water partition coefficient (Wildman–Crippen LogP) is 3.55. The second kappa shape index (κ2) is 5.72. The number of halogens is 2. The van der Waals surface area contributed by atoms with Crippen molar-refractivity contribution < 1.29 is 17.5 Å². The number of hydrogen-bond donors (Lipinski definition) is 0. The summed E-state index contributed by atoms with van der Waals surface area (Å²) in [5.74, 6) is -0.348. The average molecular weight is 326 g/mol. The van der Waals surface area contributed by atoms with E-state index in [9.17, 15) is 12.8 Å². The van der Waals surface area contributed by atoms with Crippen LogP contribution in [0.3, 0.4) is 0 Å². The molecular weight excluding hydrogens is 317 g/mol. The van der Waals surface area contributed by atoms with E-state index in [4.69, 9.17) is 21.6 Å². The van der Waals surface area contributed by atoms with E-state index >= 15 is 0 Å². The summed E-state index contributed by atoms with van der Waals surface area (Å²) in [6, 6.07) is 9.31. The summed E-state index contributed by atoms with van der Waals surface area (Å²) in [7, 11) is -3.43. The van der Waals surface area contributed by atoms with Crippen molar-refractivity contribution in [3.63, 3.8) is 0 Å². The molecule has 0 heterocycles. The fourth-order valence-corrected chi connectivity index (χ4v) is 2.49. The van der Waals surface area contributed by atoms with Crippen molar-refractivity contribution in [3.05, 3.63) is 52.8 Å². The SMILES string of the molecule is CS(=O)(=O)c1ccc(Oc2cc(F)cc(Cl)c2)c(C#N)c1. The Morgan fingerprint density at radius 2 is 1.95 bits per heavy atom. The molecule has 0 amide bonds. The molecule has 0 saturated heterocycles. The highest BCUT2D eigenvalue weighted by Crippen LogP contribution is 2.29. The molecule has 0 aromatic heterocycles. The fourth-order valence-electron chi connectivity index (χ4n) is 1.63. The van der Waals surface area contributed by atoms with Crippen LogP contribution in [0, 0.1) is 17.1 Å². The zero-order chi connectivity index (χ0) is 15.6. The van der Waals surface area contributed by atoms with Gasteiger partial charge in [-0.3, -0.25) is 0 Å². The Hall–Kier alpha value is -2.10. The minimum absolute atomic E-state index is 0.00340. The van der Waals surface area contributed by atoms with Gasteiger partial charge in [-0.1, -0.05) is 11.6 Å². The second-order valence-electron chi connectivity index (χ2n) is 4.25. The van der Waals surface area contributed by atoms with Gasteiger partial charge in [-0.05, 0) is 30.3 Å². The van der Waals surface area contributed by atoms with E-state index in [0.717, 1.165) is 18.4 Å². The number of rotatable bonds is 3. The highest BCUT2D eigenvalue weighted by molar-refractivity contribution is 7.90. The minimum atomic E-state index is -3.43. The van der Waals surface area contributed by atoms with Crippen molar-refractivity contribution in [2.75, 3.05) is 6.26 Å². The summed E-state index contributed by atoms with van der Waals surface area (Å²) in [6.45, 7) is 0. The molecule has 0 bridgehead atoms. The lowest BCUT2D eigenvalue weighted by atomic mass is 10.2. The lowest BCUT2D eigenvalue weighted by Crippen LogP contribution is -1.98. The van der Waals surface area contributed by atoms with Gasteiger partial charge in [-0.2, -0.15) is 5.26 Å². The third-order valence-electron chi connectivity index (χ3n) is 2.56.